The van der Waals surface area contributed by atoms with Gasteiger partial charge in [0.2, 0.25) is 0 Å². The van der Waals surface area contributed by atoms with Crippen LogP contribution in [0.3, 0.4) is 0 Å². The molecule has 1 aromatic rings. The van der Waals surface area contributed by atoms with Crippen LogP contribution in [-0.4, -0.2) is 62.8 Å². The average Bonchev–Trinajstić information content (AvgIpc) is 2.65. The first-order valence-corrected chi connectivity index (χ1v) is 6.06. The Balaban J connectivity index is 0.00000180. The zero-order valence-electron chi connectivity index (χ0n) is 10.5. The first-order chi connectivity index (χ1) is 8.63. The van der Waals surface area contributed by atoms with E-state index in [0.717, 1.165) is 5.56 Å². The van der Waals surface area contributed by atoms with Gasteiger partial charge in [-0.15, -0.1) is 12.4 Å². The van der Waals surface area contributed by atoms with Gasteiger partial charge in [-0.25, -0.2) is 0 Å². The van der Waals surface area contributed by atoms with E-state index in [-0.39, 0.29) is 19.0 Å². The number of likely N-dealkylation sites (tertiary alicyclic amines) is 1. The predicted octanol–water partition coefficient (Wildman–Crippen LogP) is -0.632. The van der Waals surface area contributed by atoms with E-state index < -0.39 is 31.0 Å². The molecule has 0 amide bonds. The number of aliphatic hydroxyl groups is 4. The average molecular weight is 290 g/mol. The SMILES string of the molecule is Cl.OC[C@@H](O)[C@@H]1[C@@H](O)[C@@H](O)CN1Cc1ccccc1. The lowest BCUT2D eigenvalue weighted by Gasteiger charge is -2.29. The van der Waals surface area contributed by atoms with Crippen molar-refractivity contribution in [2.24, 2.45) is 0 Å². The number of β-amino-alcohol motifs (C(OH)–C–C–N with tert-alkyl or cyclic N) is 1. The van der Waals surface area contributed by atoms with Gasteiger partial charge in [0.25, 0.3) is 0 Å². The van der Waals surface area contributed by atoms with Crippen molar-refractivity contribution in [3.05, 3.63) is 35.9 Å². The standard InChI is InChI=1S/C13H19NO4.ClH/c15-8-11(17)12-13(18)10(16)7-14(12)6-9-4-2-1-3-5-9;/h1-5,10-13,15-18H,6-8H2;1H/t10-,11+,12+,13-;/m0./s1. The number of benzene rings is 1. The number of nitrogens with zero attached hydrogens (tertiary/aromatic N) is 1. The van der Waals surface area contributed by atoms with Crippen molar-refractivity contribution >= 4 is 12.4 Å². The number of rotatable bonds is 4. The molecule has 5 nitrogen and oxygen atoms in total. The van der Waals surface area contributed by atoms with Crippen LogP contribution in [0.2, 0.25) is 0 Å². The molecule has 0 bridgehead atoms. The molecule has 1 aliphatic rings. The van der Waals surface area contributed by atoms with Gasteiger partial charge in [-0.05, 0) is 5.56 Å². The second-order valence-electron chi connectivity index (χ2n) is 4.71. The quantitative estimate of drug-likeness (QED) is 0.593. The van der Waals surface area contributed by atoms with Gasteiger partial charge in [-0.2, -0.15) is 0 Å². The van der Waals surface area contributed by atoms with E-state index in [1.807, 2.05) is 30.3 Å². The van der Waals surface area contributed by atoms with Crippen LogP contribution in [0.1, 0.15) is 5.56 Å². The van der Waals surface area contributed by atoms with Gasteiger partial charge in [0.1, 0.15) is 0 Å². The topological polar surface area (TPSA) is 84.2 Å². The normalized spacial score (nSPS) is 28.9. The number of hydrogen-bond acceptors (Lipinski definition) is 5. The summed E-state index contributed by atoms with van der Waals surface area (Å²) in [6, 6.07) is 8.99. The maximum absolute atomic E-state index is 9.84. The Hall–Kier alpha value is -0.690. The summed E-state index contributed by atoms with van der Waals surface area (Å²) in [7, 11) is 0. The fraction of sp³-hybridized carbons (Fsp3) is 0.538. The molecule has 0 aliphatic carbocycles. The van der Waals surface area contributed by atoms with Crippen molar-refractivity contribution in [2.45, 2.75) is 30.9 Å². The van der Waals surface area contributed by atoms with Gasteiger partial charge >= 0.3 is 0 Å². The summed E-state index contributed by atoms with van der Waals surface area (Å²) in [6.07, 6.45) is -2.98. The summed E-state index contributed by atoms with van der Waals surface area (Å²) in [4.78, 5) is 1.80. The highest BCUT2D eigenvalue weighted by Crippen LogP contribution is 2.23. The monoisotopic (exact) mass is 289 g/mol. The highest BCUT2D eigenvalue weighted by atomic mass is 35.5. The third-order valence-electron chi connectivity index (χ3n) is 3.40. The third kappa shape index (κ3) is 3.66. The minimum atomic E-state index is -1.05. The van der Waals surface area contributed by atoms with E-state index in [9.17, 15) is 15.3 Å². The summed E-state index contributed by atoms with van der Waals surface area (Å²) in [5.74, 6) is 0. The highest BCUT2D eigenvalue weighted by molar-refractivity contribution is 5.85. The maximum Gasteiger partial charge on any atom is 0.0992 e. The zero-order chi connectivity index (χ0) is 13.1. The molecule has 4 N–H and O–H groups in total. The van der Waals surface area contributed by atoms with Gasteiger partial charge in [-0.3, -0.25) is 4.90 Å². The molecule has 4 atom stereocenters. The summed E-state index contributed by atoms with van der Waals surface area (Å²) in [5.41, 5.74) is 1.04. The van der Waals surface area contributed by atoms with Crippen LogP contribution >= 0.6 is 12.4 Å². The van der Waals surface area contributed by atoms with E-state index in [4.69, 9.17) is 5.11 Å². The number of aliphatic hydroxyl groups excluding tert-OH is 4. The highest BCUT2D eigenvalue weighted by Gasteiger charge is 2.43. The van der Waals surface area contributed by atoms with Crippen LogP contribution in [0.4, 0.5) is 0 Å². The molecular formula is C13H20ClNO4. The van der Waals surface area contributed by atoms with E-state index >= 15 is 0 Å². The molecule has 1 heterocycles. The van der Waals surface area contributed by atoms with Gasteiger partial charge in [0, 0.05) is 13.1 Å². The summed E-state index contributed by atoms with van der Waals surface area (Å²) in [6.45, 7) is 0.383. The van der Waals surface area contributed by atoms with Crippen molar-refractivity contribution in [1.82, 2.24) is 4.90 Å². The van der Waals surface area contributed by atoms with E-state index in [1.54, 1.807) is 4.90 Å². The molecule has 19 heavy (non-hydrogen) atoms. The molecule has 0 radical (unpaired) electrons. The van der Waals surface area contributed by atoms with Crippen molar-refractivity contribution in [3.63, 3.8) is 0 Å². The van der Waals surface area contributed by atoms with Crippen LogP contribution in [0.5, 0.6) is 0 Å². The second kappa shape index (κ2) is 7.19. The molecule has 1 saturated heterocycles. The van der Waals surface area contributed by atoms with Crippen molar-refractivity contribution in [2.75, 3.05) is 13.2 Å². The van der Waals surface area contributed by atoms with Crippen molar-refractivity contribution < 1.29 is 20.4 Å². The minimum absolute atomic E-state index is 0. The molecule has 0 saturated carbocycles. The van der Waals surface area contributed by atoms with E-state index in [2.05, 4.69) is 0 Å². The van der Waals surface area contributed by atoms with Crippen molar-refractivity contribution in [1.29, 1.82) is 0 Å². The van der Waals surface area contributed by atoms with E-state index in [1.165, 1.54) is 0 Å². The first-order valence-electron chi connectivity index (χ1n) is 6.06. The molecule has 0 aromatic heterocycles. The lowest BCUT2D eigenvalue weighted by atomic mass is 10.0. The Morgan fingerprint density at radius 1 is 1.21 bits per heavy atom. The van der Waals surface area contributed by atoms with Crippen molar-refractivity contribution in [3.8, 4) is 0 Å². The first kappa shape index (κ1) is 16.4. The van der Waals surface area contributed by atoms with Gasteiger partial charge < -0.3 is 20.4 Å². The Labute approximate surface area is 118 Å². The molecule has 1 aliphatic heterocycles. The molecular weight excluding hydrogens is 270 g/mol. The lowest BCUT2D eigenvalue weighted by Crippen LogP contribution is -2.46. The van der Waals surface area contributed by atoms with Crippen LogP contribution in [0.15, 0.2) is 30.3 Å². The predicted molar refractivity (Wildman–Crippen MR) is 73.0 cm³/mol. The molecule has 1 aromatic carbocycles. The lowest BCUT2D eigenvalue weighted by molar-refractivity contribution is -0.0317. The molecule has 108 valence electrons. The van der Waals surface area contributed by atoms with E-state index in [0.29, 0.717) is 6.54 Å². The largest absolute Gasteiger partial charge is 0.394 e. The maximum atomic E-state index is 9.84. The number of hydrogen-bond donors (Lipinski definition) is 4. The molecule has 1 fully saturated rings. The Bertz CT molecular complexity index is 378. The van der Waals surface area contributed by atoms with Crippen LogP contribution in [0, 0.1) is 0 Å². The Morgan fingerprint density at radius 2 is 1.84 bits per heavy atom. The minimum Gasteiger partial charge on any atom is -0.394 e. The smallest absolute Gasteiger partial charge is 0.0992 e. The molecule has 0 unspecified atom stereocenters. The van der Waals surface area contributed by atoms with Crippen LogP contribution in [-0.2, 0) is 6.54 Å². The summed E-state index contributed by atoms with van der Waals surface area (Å²) in [5, 5.41) is 38.3. The molecule has 2 rings (SSSR count). The van der Waals surface area contributed by atoms with Crippen LogP contribution in [0.25, 0.3) is 0 Å². The number of halogens is 1. The Kier molecular flexibility index (Phi) is 6.19. The fourth-order valence-electron chi connectivity index (χ4n) is 2.48. The van der Waals surface area contributed by atoms with Gasteiger partial charge in [0.05, 0.1) is 31.0 Å². The van der Waals surface area contributed by atoms with Crippen LogP contribution < -0.4 is 0 Å². The van der Waals surface area contributed by atoms with Gasteiger partial charge in [0.15, 0.2) is 0 Å². The third-order valence-corrected chi connectivity index (χ3v) is 3.40. The fourth-order valence-corrected chi connectivity index (χ4v) is 2.48. The molecule has 0 spiro atoms. The Morgan fingerprint density at radius 3 is 2.42 bits per heavy atom. The summed E-state index contributed by atoms with van der Waals surface area (Å²) < 4.78 is 0. The zero-order valence-corrected chi connectivity index (χ0v) is 11.3. The van der Waals surface area contributed by atoms with Gasteiger partial charge in [-0.1, -0.05) is 30.3 Å². The summed E-state index contributed by atoms with van der Waals surface area (Å²) >= 11 is 0. The second-order valence-corrected chi connectivity index (χ2v) is 4.71. The molecule has 6 heteroatoms.